The first-order valence-corrected chi connectivity index (χ1v) is 8.92. The van der Waals surface area contributed by atoms with Gasteiger partial charge in [0.25, 0.3) is 5.91 Å². The lowest BCUT2D eigenvalue weighted by atomic mass is 10.1. The number of ether oxygens (including phenoxy) is 1. The second-order valence-electron chi connectivity index (χ2n) is 5.97. The Morgan fingerprint density at radius 3 is 2.27 bits per heavy atom. The predicted molar refractivity (Wildman–Crippen MR) is 104 cm³/mol. The average Bonchev–Trinajstić information content (AvgIpc) is 2.65. The summed E-state index contributed by atoms with van der Waals surface area (Å²) in [6, 6.07) is 14.7. The Morgan fingerprint density at radius 1 is 1.00 bits per heavy atom. The van der Waals surface area contributed by atoms with E-state index in [1.54, 1.807) is 29.2 Å². The van der Waals surface area contributed by atoms with Crippen LogP contribution in [0.4, 0.5) is 5.69 Å². The average molecular weight is 354 g/mol. The normalized spacial score (nSPS) is 10.3. The summed E-state index contributed by atoms with van der Waals surface area (Å²) in [7, 11) is 0. The Hall–Kier alpha value is -2.82. The lowest BCUT2D eigenvalue weighted by Crippen LogP contribution is -2.30. The first-order chi connectivity index (χ1) is 12.5. The van der Waals surface area contributed by atoms with Crippen LogP contribution in [0.5, 0.6) is 5.75 Å². The van der Waals surface area contributed by atoms with Gasteiger partial charge in [0.15, 0.2) is 0 Å². The SMILES string of the molecule is CCN(CC)C(=O)c1ccc(NC(=O)CCOc2ccccc2C)cc1. The fourth-order valence-corrected chi connectivity index (χ4v) is 2.59. The Morgan fingerprint density at radius 2 is 1.65 bits per heavy atom. The van der Waals surface area contributed by atoms with Crippen LogP contribution >= 0.6 is 0 Å². The summed E-state index contributed by atoms with van der Waals surface area (Å²) in [5.74, 6) is 0.667. The number of anilines is 1. The van der Waals surface area contributed by atoms with Crippen molar-refractivity contribution < 1.29 is 14.3 Å². The minimum Gasteiger partial charge on any atom is -0.493 e. The molecule has 0 aromatic heterocycles. The van der Waals surface area contributed by atoms with Crippen molar-refractivity contribution in [2.75, 3.05) is 25.0 Å². The van der Waals surface area contributed by atoms with E-state index in [1.807, 2.05) is 45.0 Å². The number of para-hydroxylation sites is 1. The number of hydrogen-bond acceptors (Lipinski definition) is 3. The van der Waals surface area contributed by atoms with E-state index in [0.29, 0.717) is 30.9 Å². The molecule has 0 radical (unpaired) electrons. The third-order valence-electron chi connectivity index (χ3n) is 4.15. The lowest BCUT2D eigenvalue weighted by Gasteiger charge is -2.18. The maximum Gasteiger partial charge on any atom is 0.253 e. The van der Waals surface area contributed by atoms with E-state index in [2.05, 4.69) is 5.32 Å². The van der Waals surface area contributed by atoms with Gasteiger partial charge in [-0.05, 0) is 56.7 Å². The van der Waals surface area contributed by atoms with E-state index in [1.165, 1.54) is 0 Å². The van der Waals surface area contributed by atoms with Crippen molar-refractivity contribution >= 4 is 17.5 Å². The lowest BCUT2D eigenvalue weighted by molar-refractivity contribution is -0.116. The molecule has 0 unspecified atom stereocenters. The van der Waals surface area contributed by atoms with Crippen molar-refractivity contribution in [1.82, 2.24) is 4.90 Å². The third-order valence-corrected chi connectivity index (χ3v) is 4.15. The quantitative estimate of drug-likeness (QED) is 0.782. The highest BCUT2D eigenvalue weighted by Crippen LogP contribution is 2.16. The maximum absolute atomic E-state index is 12.3. The Balaban J connectivity index is 1.83. The summed E-state index contributed by atoms with van der Waals surface area (Å²) in [6.45, 7) is 7.54. The molecule has 26 heavy (non-hydrogen) atoms. The number of amides is 2. The van der Waals surface area contributed by atoms with Crippen molar-refractivity contribution in [3.8, 4) is 5.75 Å². The molecule has 0 aliphatic heterocycles. The molecule has 2 aromatic carbocycles. The number of nitrogens with zero attached hydrogens (tertiary/aromatic N) is 1. The van der Waals surface area contributed by atoms with Gasteiger partial charge >= 0.3 is 0 Å². The second-order valence-corrected chi connectivity index (χ2v) is 5.97. The number of nitrogens with one attached hydrogen (secondary N) is 1. The van der Waals surface area contributed by atoms with Crippen LogP contribution in [0.15, 0.2) is 48.5 Å². The van der Waals surface area contributed by atoms with Gasteiger partial charge in [-0.3, -0.25) is 9.59 Å². The van der Waals surface area contributed by atoms with E-state index in [9.17, 15) is 9.59 Å². The Kier molecular flexibility index (Phi) is 7.21. The molecule has 5 heteroatoms. The second kappa shape index (κ2) is 9.61. The van der Waals surface area contributed by atoms with Gasteiger partial charge in [-0.25, -0.2) is 0 Å². The number of carbonyl (C=O) groups excluding carboxylic acids is 2. The Bertz CT molecular complexity index is 737. The smallest absolute Gasteiger partial charge is 0.253 e. The highest BCUT2D eigenvalue weighted by Gasteiger charge is 2.12. The van der Waals surface area contributed by atoms with Gasteiger partial charge in [0.2, 0.25) is 5.91 Å². The predicted octanol–water partition coefficient (Wildman–Crippen LogP) is 3.88. The molecule has 5 nitrogen and oxygen atoms in total. The molecule has 0 heterocycles. The van der Waals surface area contributed by atoms with E-state index in [0.717, 1.165) is 11.3 Å². The zero-order valence-electron chi connectivity index (χ0n) is 15.6. The summed E-state index contributed by atoms with van der Waals surface area (Å²) in [5, 5.41) is 2.82. The maximum atomic E-state index is 12.3. The van der Waals surface area contributed by atoms with Crippen molar-refractivity contribution in [3.05, 3.63) is 59.7 Å². The molecule has 0 saturated carbocycles. The minimum atomic E-state index is -0.124. The van der Waals surface area contributed by atoms with Crippen molar-refractivity contribution in [3.63, 3.8) is 0 Å². The van der Waals surface area contributed by atoms with E-state index in [4.69, 9.17) is 4.74 Å². The first-order valence-electron chi connectivity index (χ1n) is 8.92. The van der Waals surface area contributed by atoms with Gasteiger partial charge in [-0.15, -0.1) is 0 Å². The van der Waals surface area contributed by atoms with Crippen LogP contribution in [0.25, 0.3) is 0 Å². The van der Waals surface area contributed by atoms with E-state index < -0.39 is 0 Å². The zero-order chi connectivity index (χ0) is 18.9. The molecule has 1 N–H and O–H groups in total. The molecule has 2 rings (SSSR count). The molecular formula is C21H26N2O3. The summed E-state index contributed by atoms with van der Waals surface area (Å²) in [6.07, 6.45) is 0.258. The molecule has 0 atom stereocenters. The first kappa shape index (κ1) is 19.5. The Labute approximate surface area is 155 Å². The van der Waals surface area contributed by atoms with Crippen LogP contribution in [0, 0.1) is 6.92 Å². The van der Waals surface area contributed by atoms with Gasteiger partial charge in [0, 0.05) is 24.3 Å². The van der Waals surface area contributed by atoms with Gasteiger partial charge < -0.3 is 15.0 Å². The molecule has 2 aromatic rings. The monoisotopic (exact) mass is 354 g/mol. The van der Waals surface area contributed by atoms with Crippen molar-refractivity contribution in [2.24, 2.45) is 0 Å². The van der Waals surface area contributed by atoms with Crippen LogP contribution in [0.1, 0.15) is 36.2 Å². The summed E-state index contributed by atoms with van der Waals surface area (Å²) < 4.78 is 5.64. The standard InChI is InChI=1S/C21H26N2O3/c1-4-23(5-2)21(25)17-10-12-18(13-11-17)22-20(24)14-15-26-19-9-7-6-8-16(19)3/h6-13H,4-5,14-15H2,1-3H3,(H,22,24). The summed E-state index contributed by atoms with van der Waals surface area (Å²) in [5.41, 5.74) is 2.33. The highest BCUT2D eigenvalue weighted by molar-refractivity contribution is 5.95. The van der Waals surface area contributed by atoms with Crippen LogP contribution in [0.2, 0.25) is 0 Å². The molecule has 0 spiro atoms. The molecule has 2 amide bonds. The van der Waals surface area contributed by atoms with E-state index in [-0.39, 0.29) is 18.2 Å². The van der Waals surface area contributed by atoms with Crippen molar-refractivity contribution in [1.29, 1.82) is 0 Å². The highest BCUT2D eigenvalue weighted by atomic mass is 16.5. The number of aryl methyl sites for hydroxylation is 1. The number of benzene rings is 2. The minimum absolute atomic E-state index is 0.000456. The molecule has 0 bridgehead atoms. The molecule has 0 aliphatic rings. The van der Waals surface area contributed by atoms with Crippen LogP contribution < -0.4 is 10.1 Å². The van der Waals surface area contributed by atoms with Crippen LogP contribution in [-0.4, -0.2) is 36.4 Å². The van der Waals surface area contributed by atoms with Gasteiger partial charge in [-0.1, -0.05) is 18.2 Å². The molecule has 0 saturated heterocycles. The van der Waals surface area contributed by atoms with Crippen molar-refractivity contribution in [2.45, 2.75) is 27.2 Å². The topological polar surface area (TPSA) is 58.6 Å². The fourth-order valence-electron chi connectivity index (χ4n) is 2.59. The van der Waals surface area contributed by atoms with Gasteiger partial charge in [0.05, 0.1) is 13.0 Å². The van der Waals surface area contributed by atoms with E-state index >= 15 is 0 Å². The molecular weight excluding hydrogens is 328 g/mol. The van der Waals surface area contributed by atoms with Crippen LogP contribution in [0.3, 0.4) is 0 Å². The van der Waals surface area contributed by atoms with Gasteiger partial charge in [0.1, 0.15) is 5.75 Å². The fraction of sp³-hybridized carbons (Fsp3) is 0.333. The molecule has 138 valence electrons. The zero-order valence-corrected chi connectivity index (χ0v) is 15.6. The molecule has 0 fully saturated rings. The number of carbonyl (C=O) groups is 2. The molecule has 0 aliphatic carbocycles. The number of rotatable bonds is 8. The van der Waals surface area contributed by atoms with Gasteiger partial charge in [-0.2, -0.15) is 0 Å². The largest absolute Gasteiger partial charge is 0.493 e. The summed E-state index contributed by atoms with van der Waals surface area (Å²) in [4.78, 5) is 26.1. The van der Waals surface area contributed by atoms with Crippen LogP contribution in [-0.2, 0) is 4.79 Å². The third kappa shape index (κ3) is 5.34. The number of hydrogen-bond donors (Lipinski definition) is 1. The summed E-state index contributed by atoms with van der Waals surface area (Å²) >= 11 is 0.